The van der Waals surface area contributed by atoms with E-state index in [-0.39, 0.29) is 28.5 Å². The number of piperazine rings is 1. The Kier molecular flexibility index (Phi) is 7.60. The third-order valence-electron chi connectivity index (χ3n) is 7.15. The summed E-state index contributed by atoms with van der Waals surface area (Å²) in [5.41, 5.74) is 2.84. The Morgan fingerprint density at radius 2 is 1.95 bits per heavy atom. The fraction of sp³-hybridized carbons (Fsp3) is 0.357. The van der Waals surface area contributed by atoms with Crippen molar-refractivity contribution in [2.75, 3.05) is 44.2 Å². The van der Waals surface area contributed by atoms with Crippen LogP contribution >= 0.6 is 0 Å². The number of hydrogen-bond donors (Lipinski definition) is 1. The van der Waals surface area contributed by atoms with Crippen LogP contribution in [0.4, 0.5) is 11.4 Å². The maximum atomic E-state index is 13.4. The van der Waals surface area contributed by atoms with E-state index in [4.69, 9.17) is 4.74 Å². The topological polar surface area (TPSA) is 101 Å². The number of amides is 1. The molecule has 2 aliphatic rings. The molecule has 9 nitrogen and oxygen atoms in total. The highest BCUT2D eigenvalue weighted by molar-refractivity contribution is 5.82. The van der Waals surface area contributed by atoms with Gasteiger partial charge in [-0.05, 0) is 42.3 Å². The molecule has 2 atom stereocenters. The van der Waals surface area contributed by atoms with Gasteiger partial charge in [0.15, 0.2) is 0 Å². The van der Waals surface area contributed by atoms with E-state index in [0.717, 1.165) is 48.9 Å². The summed E-state index contributed by atoms with van der Waals surface area (Å²) in [5, 5.41) is 14.5. The lowest BCUT2D eigenvalue weighted by molar-refractivity contribution is -0.384. The van der Waals surface area contributed by atoms with E-state index in [1.807, 2.05) is 54.6 Å². The Bertz CT molecular complexity index is 1220. The van der Waals surface area contributed by atoms with Crippen molar-refractivity contribution >= 4 is 17.3 Å². The number of nitrogens with one attached hydrogen (secondary N) is 1. The van der Waals surface area contributed by atoms with Crippen molar-refractivity contribution in [1.29, 1.82) is 0 Å². The van der Waals surface area contributed by atoms with E-state index in [9.17, 15) is 14.9 Å². The Morgan fingerprint density at radius 1 is 1.11 bits per heavy atom. The van der Waals surface area contributed by atoms with E-state index in [1.165, 1.54) is 0 Å². The second-order valence-electron chi connectivity index (χ2n) is 9.47. The van der Waals surface area contributed by atoms with Crippen LogP contribution in [0.25, 0.3) is 0 Å². The van der Waals surface area contributed by atoms with Crippen LogP contribution in [0.5, 0.6) is 5.75 Å². The molecule has 1 amide bonds. The molecule has 2 aromatic carbocycles. The normalized spacial score (nSPS) is 19.0. The zero-order valence-electron chi connectivity index (χ0n) is 20.7. The molecule has 37 heavy (non-hydrogen) atoms. The smallest absolute Gasteiger partial charge is 0.269 e. The number of fused-ring (bicyclic) bond motifs is 3. The van der Waals surface area contributed by atoms with Gasteiger partial charge >= 0.3 is 0 Å². The number of carbonyl (C=O) groups excluding carboxylic acids is 1. The maximum Gasteiger partial charge on any atom is 0.269 e. The van der Waals surface area contributed by atoms with E-state index < -0.39 is 0 Å². The third-order valence-corrected chi connectivity index (χ3v) is 7.15. The molecular weight excluding hydrogens is 470 g/mol. The number of carbonyl (C=O) groups is 1. The average molecular weight is 502 g/mol. The van der Waals surface area contributed by atoms with Crippen LogP contribution in [0.1, 0.15) is 11.3 Å². The van der Waals surface area contributed by atoms with Gasteiger partial charge in [0, 0.05) is 68.9 Å². The lowest BCUT2D eigenvalue weighted by Gasteiger charge is -2.49. The molecular formula is C28H31N5O4. The van der Waals surface area contributed by atoms with Crippen molar-refractivity contribution in [2.45, 2.75) is 18.9 Å². The van der Waals surface area contributed by atoms with Crippen LogP contribution in [-0.2, 0) is 17.6 Å². The van der Waals surface area contributed by atoms with Crippen LogP contribution in [0, 0.1) is 16.0 Å². The van der Waals surface area contributed by atoms with Gasteiger partial charge in [0.1, 0.15) is 12.4 Å². The van der Waals surface area contributed by atoms with Crippen molar-refractivity contribution in [3.63, 3.8) is 0 Å². The Balaban J connectivity index is 1.28. The van der Waals surface area contributed by atoms with Gasteiger partial charge in [-0.1, -0.05) is 24.3 Å². The number of benzene rings is 2. The highest BCUT2D eigenvalue weighted by atomic mass is 16.6. The molecule has 192 valence electrons. The highest BCUT2D eigenvalue weighted by Crippen LogP contribution is 2.37. The third kappa shape index (κ3) is 5.89. The highest BCUT2D eigenvalue weighted by Gasteiger charge is 2.41. The zero-order chi connectivity index (χ0) is 25.6. The van der Waals surface area contributed by atoms with Gasteiger partial charge in [0.05, 0.1) is 16.9 Å². The van der Waals surface area contributed by atoms with E-state index >= 15 is 0 Å². The largest absolute Gasteiger partial charge is 0.492 e. The van der Waals surface area contributed by atoms with Gasteiger partial charge < -0.3 is 15.0 Å². The standard InChI is InChI=1S/C28H31N5O4/c34-28(30-13-11-22-6-4-5-12-29-22)25-19-21-18-23(33(35)36)9-10-26(21)32-15-14-31(20-27(25)32)16-17-37-24-7-2-1-3-8-24/h1-10,12,18,25,27H,11,13-17,19-20H2,(H,30,34)/t25-,27+/m1/s1. The van der Waals surface area contributed by atoms with Crippen LogP contribution in [0.15, 0.2) is 72.9 Å². The monoisotopic (exact) mass is 501 g/mol. The van der Waals surface area contributed by atoms with Gasteiger partial charge in [-0.15, -0.1) is 0 Å². The second-order valence-corrected chi connectivity index (χ2v) is 9.47. The summed E-state index contributed by atoms with van der Waals surface area (Å²) in [7, 11) is 0. The first-order valence-electron chi connectivity index (χ1n) is 12.7. The minimum Gasteiger partial charge on any atom is -0.492 e. The number of nitrogens with zero attached hydrogens (tertiary/aromatic N) is 4. The number of hydrogen-bond acceptors (Lipinski definition) is 7. The van der Waals surface area contributed by atoms with Gasteiger partial charge in [0.25, 0.3) is 5.69 Å². The average Bonchev–Trinajstić information content (AvgIpc) is 2.93. The quantitative estimate of drug-likeness (QED) is 0.355. The van der Waals surface area contributed by atoms with E-state index in [2.05, 4.69) is 20.1 Å². The summed E-state index contributed by atoms with van der Waals surface area (Å²) < 4.78 is 5.90. The molecule has 1 aromatic heterocycles. The van der Waals surface area contributed by atoms with Crippen molar-refractivity contribution in [1.82, 2.24) is 15.2 Å². The molecule has 0 bridgehead atoms. The van der Waals surface area contributed by atoms with Crippen LogP contribution in [0.2, 0.25) is 0 Å². The molecule has 2 aliphatic heterocycles. The first kappa shape index (κ1) is 24.7. The van der Waals surface area contributed by atoms with Crippen LogP contribution in [-0.4, -0.2) is 66.1 Å². The molecule has 0 aliphatic carbocycles. The molecule has 0 spiro atoms. The number of aromatic nitrogens is 1. The Hall–Kier alpha value is -3.98. The molecule has 0 saturated carbocycles. The van der Waals surface area contributed by atoms with Gasteiger partial charge in [-0.25, -0.2) is 0 Å². The fourth-order valence-electron chi connectivity index (χ4n) is 5.29. The Morgan fingerprint density at radius 3 is 2.73 bits per heavy atom. The summed E-state index contributed by atoms with van der Waals surface area (Å²) in [4.78, 5) is 33.4. The van der Waals surface area contributed by atoms with Gasteiger partial charge in [-0.2, -0.15) is 0 Å². The zero-order valence-corrected chi connectivity index (χ0v) is 20.7. The number of non-ortho nitro benzene ring substituents is 1. The van der Waals surface area contributed by atoms with Gasteiger partial charge in [0.2, 0.25) is 5.91 Å². The number of pyridine rings is 1. The SMILES string of the molecule is O=C(NCCc1ccccn1)[C@@H]1Cc2cc([N+](=O)[O-])ccc2N2CCN(CCOc3ccccc3)C[C@@H]12. The molecule has 0 unspecified atom stereocenters. The molecule has 5 rings (SSSR count). The number of rotatable bonds is 9. The molecule has 9 heteroatoms. The predicted octanol–water partition coefficient (Wildman–Crippen LogP) is 3.09. The summed E-state index contributed by atoms with van der Waals surface area (Å²) in [6, 6.07) is 20.5. The minimum atomic E-state index is -0.376. The number of nitro benzene ring substituents is 1. The van der Waals surface area contributed by atoms with Crippen LogP contribution in [0.3, 0.4) is 0 Å². The predicted molar refractivity (Wildman–Crippen MR) is 141 cm³/mol. The molecule has 1 saturated heterocycles. The molecule has 0 radical (unpaired) electrons. The summed E-state index contributed by atoms with van der Waals surface area (Å²) in [6.07, 6.45) is 2.87. The first-order valence-corrected chi connectivity index (χ1v) is 12.7. The molecule has 3 heterocycles. The van der Waals surface area contributed by atoms with Crippen molar-refractivity contribution in [2.24, 2.45) is 5.92 Å². The number of anilines is 1. The Labute approximate surface area is 216 Å². The van der Waals surface area contributed by atoms with Crippen molar-refractivity contribution in [3.8, 4) is 5.75 Å². The van der Waals surface area contributed by atoms with Crippen molar-refractivity contribution in [3.05, 3.63) is 94.3 Å². The minimum absolute atomic E-state index is 0.0192. The number of ether oxygens (including phenoxy) is 1. The molecule has 1 fully saturated rings. The lowest BCUT2D eigenvalue weighted by atomic mass is 9.83. The second kappa shape index (κ2) is 11.4. The fourth-order valence-corrected chi connectivity index (χ4v) is 5.29. The lowest BCUT2D eigenvalue weighted by Crippen LogP contribution is -2.61. The molecule has 3 aromatic rings. The van der Waals surface area contributed by atoms with Crippen LogP contribution < -0.4 is 15.0 Å². The van der Waals surface area contributed by atoms with E-state index in [1.54, 1.807) is 18.3 Å². The molecule has 1 N–H and O–H groups in total. The van der Waals surface area contributed by atoms with Gasteiger partial charge in [-0.3, -0.25) is 24.8 Å². The maximum absolute atomic E-state index is 13.4. The number of para-hydroxylation sites is 1. The summed E-state index contributed by atoms with van der Waals surface area (Å²) in [6.45, 7) is 4.14. The first-order chi connectivity index (χ1) is 18.1. The van der Waals surface area contributed by atoms with E-state index in [0.29, 0.717) is 26.0 Å². The number of nitro groups is 1. The summed E-state index contributed by atoms with van der Waals surface area (Å²) in [5.74, 6) is 0.515. The summed E-state index contributed by atoms with van der Waals surface area (Å²) >= 11 is 0. The van der Waals surface area contributed by atoms with Crippen molar-refractivity contribution < 1.29 is 14.5 Å².